The first kappa shape index (κ1) is 48.2. The van der Waals surface area contributed by atoms with Crippen LogP contribution in [0.4, 0.5) is 28.4 Å². The summed E-state index contributed by atoms with van der Waals surface area (Å²) in [6, 6.07) is 74.0. The van der Waals surface area contributed by atoms with Gasteiger partial charge in [-0.25, -0.2) is 0 Å². The summed E-state index contributed by atoms with van der Waals surface area (Å²) in [4.78, 5) is 2.42. The lowest BCUT2D eigenvalue weighted by Crippen LogP contribution is -2.11. The summed E-state index contributed by atoms with van der Waals surface area (Å²) in [5.74, 6) is 0.301. The quantitative estimate of drug-likeness (QED) is 0.0728. The summed E-state index contributed by atoms with van der Waals surface area (Å²) >= 11 is 0. The molecule has 1 heterocycles. The molecule has 0 atom stereocenters. The zero-order valence-corrected chi connectivity index (χ0v) is 43.3. The van der Waals surface area contributed by atoms with Gasteiger partial charge in [0.05, 0.1) is 17.1 Å². The molecular weight excluding hydrogens is 913 g/mol. The summed E-state index contributed by atoms with van der Waals surface area (Å²) in [6.07, 6.45) is 7.31. The number of furan rings is 1. The van der Waals surface area contributed by atoms with Gasteiger partial charge in [0.1, 0.15) is 5.58 Å². The van der Waals surface area contributed by atoms with Crippen LogP contribution in [-0.4, -0.2) is 5.11 Å². The van der Waals surface area contributed by atoms with Gasteiger partial charge in [0.2, 0.25) is 0 Å². The van der Waals surface area contributed by atoms with E-state index in [-0.39, 0.29) is 0 Å². The number of anilines is 5. The number of nitrogens with zero attached hydrogens (tertiary/aromatic N) is 1. The lowest BCUT2D eigenvalue weighted by Gasteiger charge is -2.28. The van der Waals surface area contributed by atoms with Crippen molar-refractivity contribution in [2.75, 3.05) is 10.2 Å². The van der Waals surface area contributed by atoms with Crippen molar-refractivity contribution in [1.29, 1.82) is 0 Å². The van der Waals surface area contributed by atoms with E-state index in [0.29, 0.717) is 5.76 Å². The highest BCUT2D eigenvalue weighted by Crippen LogP contribution is 2.49. The number of fused-ring (bicyclic) bond motifs is 3. The molecule has 12 aromatic rings. The maximum Gasteiger partial charge on any atom is 0.159 e. The minimum atomic E-state index is 0.301. The Balaban J connectivity index is 0.000000241. The fourth-order valence-corrected chi connectivity index (χ4v) is 10.9. The van der Waals surface area contributed by atoms with Gasteiger partial charge in [0, 0.05) is 49.7 Å². The number of aryl methyl sites for hydroxylation is 4. The normalized spacial score (nSPS) is 11.9. The van der Waals surface area contributed by atoms with E-state index in [0.717, 1.165) is 85.5 Å². The second-order valence-electron chi connectivity index (χ2n) is 19.4. The van der Waals surface area contributed by atoms with Gasteiger partial charge in [-0.05, 0) is 148 Å². The van der Waals surface area contributed by atoms with E-state index < -0.39 is 0 Å². The van der Waals surface area contributed by atoms with Crippen LogP contribution in [0.25, 0.3) is 82.1 Å². The molecule has 0 aliphatic rings. The highest BCUT2D eigenvalue weighted by Gasteiger charge is 2.24. The van der Waals surface area contributed by atoms with E-state index in [1.54, 1.807) is 13.0 Å². The summed E-state index contributed by atoms with van der Waals surface area (Å²) in [6.45, 7) is 14.0. The molecule has 0 aliphatic heterocycles. The van der Waals surface area contributed by atoms with Crippen molar-refractivity contribution < 1.29 is 9.52 Å². The van der Waals surface area contributed by atoms with Crippen molar-refractivity contribution in [3.63, 3.8) is 0 Å². The van der Waals surface area contributed by atoms with Crippen molar-refractivity contribution in [2.45, 2.75) is 47.5 Å². The van der Waals surface area contributed by atoms with Gasteiger partial charge in [0.15, 0.2) is 5.58 Å². The molecule has 0 spiro atoms. The number of hydrogen-bond acceptors (Lipinski definition) is 4. The number of rotatable bonds is 12. The van der Waals surface area contributed by atoms with Crippen LogP contribution in [0.3, 0.4) is 0 Å². The smallest absolute Gasteiger partial charge is 0.159 e. The van der Waals surface area contributed by atoms with E-state index >= 15 is 0 Å². The minimum absolute atomic E-state index is 0.301. The van der Waals surface area contributed by atoms with Crippen molar-refractivity contribution in [3.05, 3.63) is 265 Å². The Morgan fingerprint density at radius 1 is 0.573 bits per heavy atom. The summed E-state index contributed by atoms with van der Waals surface area (Å²) in [5.41, 5.74) is 18.8. The molecule has 4 nitrogen and oxygen atoms in total. The zero-order valence-electron chi connectivity index (χ0n) is 43.3. The van der Waals surface area contributed by atoms with Gasteiger partial charge in [-0.3, -0.25) is 0 Å². The Hall–Kier alpha value is -9.12. The average Bonchev–Trinajstić information content (AvgIpc) is 3.86. The molecule has 0 saturated carbocycles. The van der Waals surface area contributed by atoms with E-state index in [9.17, 15) is 5.11 Å². The number of hydrogen-bond donors (Lipinski definition) is 2. The van der Waals surface area contributed by atoms with Gasteiger partial charge in [0.25, 0.3) is 0 Å². The van der Waals surface area contributed by atoms with E-state index in [2.05, 4.69) is 226 Å². The zero-order chi connectivity index (χ0) is 51.6. The maximum absolute atomic E-state index is 9.90. The molecule has 0 radical (unpaired) electrons. The molecule has 0 unspecified atom stereocenters. The first-order valence-corrected chi connectivity index (χ1v) is 26.0. The lowest BCUT2D eigenvalue weighted by molar-refractivity contribution is 0.417. The Kier molecular flexibility index (Phi) is 13.3. The van der Waals surface area contributed by atoms with Crippen LogP contribution in [0.15, 0.2) is 241 Å². The summed E-state index contributed by atoms with van der Waals surface area (Å²) in [7, 11) is 0. The molecular formula is C71H60N2O2. The van der Waals surface area contributed by atoms with Crippen LogP contribution in [0.5, 0.6) is 0 Å². The molecule has 12 rings (SSSR count). The number of para-hydroxylation sites is 2. The number of aliphatic hydroxyl groups is 1. The third-order valence-corrected chi connectivity index (χ3v) is 14.6. The Morgan fingerprint density at radius 2 is 1.25 bits per heavy atom. The first-order chi connectivity index (χ1) is 36.7. The molecule has 4 heteroatoms. The van der Waals surface area contributed by atoms with Gasteiger partial charge >= 0.3 is 0 Å². The second-order valence-corrected chi connectivity index (χ2v) is 19.4. The molecule has 2 N–H and O–H groups in total. The van der Waals surface area contributed by atoms with Crippen LogP contribution in [0.1, 0.15) is 48.6 Å². The van der Waals surface area contributed by atoms with Crippen molar-refractivity contribution in [2.24, 2.45) is 0 Å². The van der Waals surface area contributed by atoms with Gasteiger partial charge < -0.3 is 19.7 Å². The minimum Gasteiger partial charge on any atom is -0.512 e. The monoisotopic (exact) mass is 972 g/mol. The van der Waals surface area contributed by atoms with Crippen molar-refractivity contribution >= 4 is 88.3 Å². The molecule has 0 aliphatic carbocycles. The average molecular weight is 973 g/mol. The molecule has 0 amide bonds. The van der Waals surface area contributed by atoms with Crippen LogP contribution < -0.4 is 10.2 Å². The number of nitrogens with one attached hydrogen (secondary N) is 1. The topological polar surface area (TPSA) is 48.6 Å². The first-order valence-electron chi connectivity index (χ1n) is 26.0. The number of aliphatic hydroxyl groups excluding tert-OH is 1. The van der Waals surface area contributed by atoms with Crippen LogP contribution >= 0.6 is 0 Å². The molecule has 11 aromatic carbocycles. The Bertz CT molecular complexity index is 4150. The Labute approximate surface area is 440 Å². The van der Waals surface area contributed by atoms with Gasteiger partial charge in [-0.2, -0.15) is 0 Å². The van der Waals surface area contributed by atoms with E-state index in [1.807, 2.05) is 36.4 Å². The highest BCUT2D eigenvalue weighted by atomic mass is 16.3. The van der Waals surface area contributed by atoms with E-state index in [1.165, 1.54) is 65.7 Å². The largest absolute Gasteiger partial charge is 0.512 e. The lowest BCUT2D eigenvalue weighted by atomic mass is 9.92. The molecule has 1 aromatic heterocycles. The molecule has 0 fully saturated rings. The summed E-state index contributed by atoms with van der Waals surface area (Å²) < 4.78 is 7.11. The third kappa shape index (κ3) is 9.21. The second kappa shape index (κ2) is 20.8. The van der Waals surface area contributed by atoms with Crippen LogP contribution in [0, 0.1) is 13.8 Å². The predicted molar refractivity (Wildman–Crippen MR) is 322 cm³/mol. The van der Waals surface area contributed by atoms with Crippen molar-refractivity contribution in [3.8, 4) is 22.3 Å². The molecule has 0 saturated heterocycles. The van der Waals surface area contributed by atoms with Gasteiger partial charge in [-0.15, -0.1) is 0 Å². The maximum atomic E-state index is 9.90. The molecule has 366 valence electrons. The number of allylic oxidation sites excluding steroid dienone is 5. The SMILES string of the molecule is C=C/C=C\C(=C(/C)O)c1cccc(-c2ccccc2C)c1.CCc1cccc(N(c2ccc3ccc4c(Nc5cccc(C)c5)ccc5ccc2c3c54)c2cccc3c2oc2c(-c4ccccc4CC)cccc23)c1. The molecule has 0 bridgehead atoms. The van der Waals surface area contributed by atoms with E-state index in [4.69, 9.17) is 4.42 Å². The van der Waals surface area contributed by atoms with Crippen molar-refractivity contribution in [1.82, 2.24) is 0 Å². The predicted octanol–water partition coefficient (Wildman–Crippen LogP) is 20.5. The Morgan fingerprint density at radius 3 is 2.03 bits per heavy atom. The standard InChI is InChI=1S/C51H40N2O.C20H20O/c1-4-33-13-9-16-38(31-33)53(47-21-11-20-42-41-19-10-18-40(50(41)54-51(42)47)39-17-7-6-14-34(39)5-2)46-29-25-36-22-26-43-45(52-37-15-8-12-32(3)30-37)28-24-35-23-27-44(46)49(36)48(35)43;1-4-5-12-20(16(3)21)18-11-8-10-17(14-18)19-13-7-6-9-15(19)2/h6-31,52H,4-5H2,1-3H3;4-14,21H,1H2,2-3H3/b;12-5-,20-16-. The number of benzene rings is 11. The van der Waals surface area contributed by atoms with Crippen LogP contribution in [-0.2, 0) is 12.8 Å². The fourth-order valence-electron chi connectivity index (χ4n) is 10.9. The fraction of sp³-hybridized carbons (Fsp3) is 0.0986. The molecule has 75 heavy (non-hydrogen) atoms. The van der Waals surface area contributed by atoms with Gasteiger partial charge in [-0.1, -0.05) is 196 Å². The summed E-state index contributed by atoms with van der Waals surface area (Å²) in [5, 5.41) is 23.3. The highest BCUT2D eigenvalue weighted by molar-refractivity contribution is 6.28. The third-order valence-electron chi connectivity index (χ3n) is 14.6. The van der Waals surface area contributed by atoms with Crippen LogP contribution in [0.2, 0.25) is 0 Å².